The van der Waals surface area contributed by atoms with Crippen LogP contribution in [0.25, 0.3) is 11.1 Å². The SMILES string of the molecule is Ic1ccc(C2=C(c3ccccc3)CC2)cc1. The van der Waals surface area contributed by atoms with E-state index in [1.54, 1.807) is 0 Å². The van der Waals surface area contributed by atoms with Crippen LogP contribution in [-0.4, -0.2) is 0 Å². The molecule has 0 fully saturated rings. The van der Waals surface area contributed by atoms with Crippen LogP contribution in [0.3, 0.4) is 0 Å². The van der Waals surface area contributed by atoms with E-state index < -0.39 is 0 Å². The van der Waals surface area contributed by atoms with E-state index in [2.05, 4.69) is 77.2 Å². The highest BCUT2D eigenvalue weighted by atomic mass is 127. The smallest absolute Gasteiger partial charge is 0.0130 e. The zero-order valence-corrected chi connectivity index (χ0v) is 11.6. The number of allylic oxidation sites excluding steroid dienone is 2. The zero-order valence-electron chi connectivity index (χ0n) is 9.49. The molecule has 0 bridgehead atoms. The molecule has 0 radical (unpaired) electrons. The molecule has 0 spiro atoms. The lowest BCUT2D eigenvalue weighted by Gasteiger charge is -2.24. The van der Waals surface area contributed by atoms with E-state index in [9.17, 15) is 0 Å². The van der Waals surface area contributed by atoms with Crippen LogP contribution in [-0.2, 0) is 0 Å². The molecule has 0 saturated heterocycles. The maximum atomic E-state index is 2.35. The lowest BCUT2D eigenvalue weighted by atomic mass is 9.80. The second-order valence-corrected chi connectivity index (χ2v) is 5.58. The Morgan fingerprint density at radius 2 is 1.18 bits per heavy atom. The maximum absolute atomic E-state index is 2.35. The van der Waals surface area contributed by atoms with Gasteiger partial charge < -0.3 is 0 Å². The molecule has 0 atom stereocenters. The quantitative estimate of drug-likeness (QED) is 0.679. The van der Waals surface area contributed by atoms with Crippen LogP contribution < -0.4 is 0 Å². The minimum absolute atomic E-state index is 1.21. The zero-order chi connectivity index (χ0) is 11.7. The van der Waals surface area contributed by atoms with E-state index in [4.69, 9.17) is 0 Å². The molecule has 2 aromatic rings. The number of hydrogen-bond donors (Lipinski definition) is 0. The summed E-state index contributed by atoms with van der Waals surface area (Å²) < 4.78 is 1.30. The first-order valence-corrected chi connectivity index (χ1v) is 6.96. The Hall–Kier alpha value is -1.09. The first-order chi connectivity index (χ1) is 8.34. The Labute approximate surface area is 116 Å². The molecule has 1 aliphatic carbocycles. The van der Waals surface area contributed by atoms with Crippen molar-refractivity contribution in [2.24, 2.45) is 0 Å². The summed E-state index contributed by atoms with van der Waals surface area (Å²) in [5, 5.41) is 0. The molecule has 0 heterocycles. The Kier molecular flexibility index (Phi) is 3.02. The summed E-state index contributed by atoms with van der Waals surface area (Å²) >= 11 is 2.35. The molecule has 84 valence electrons. The molecule has 0 aliphatic heterocycles. The van der Waals surface area contributed by atoms with Gasteiger partial charge in [-0.2, -0.15) is 0 Å². The van der Waals surface area contributed by atoms with Crippen molar-refractivity contribution in [2.75, 3.05) is 0 Å². The van der Waals surface area contributed by atoms with Gasteiger partial charge in [0, 0.05) is 3.57 Å². The van der Waals surface area contributed by atoms with Crippen LogP contribution in [0.5, 0.6) is 0 Å². The molecule has 3 rings (SSSR count). The van der Waals surface area contributed by atoms with Gasteiger partial charge in [0.1, 0.15) is 0 Å². The highest BCUT2D eigenvalue weighted by Gasteiger charge is 2.19. The van der Waals surface area contributed by atoms with Gasteiger partial charge in [0.25, 0.3) is 0 Å². The highest BCUT2D eigenvalue weighted by Crippen LogP contribution is 2.42. The van der Waals surface area contributed by atoms with E-state index in [-0.39, 0.29) is 0 Å². The molecule has 0 unspecified atom stereocenters. The van der Waals surface area contributed by atoms with Crippen molar-refractivity contribution in [3.8, 4) is 0 Å². The summed E-state index contributed by atoms with van der Waals surface area (Å²) in [6.07, 6.45) is 2.43. The van der Waals surface area contributed by atoms with E-state index in [0.29, 0.717) is 0 Å². The predicted octanol–water partition coefficient (Wildman–Crippen LogP) is 5.00. The molecule has 0 amide bonds. The third kappa shape index (κ3) is 2.16. The standard InChI is InChI=1S/C16H13I/c17-14-8-6-13(7-9-14)16-11-10-15(16)12-4-2-1-3-5-12/h1-9H,10-11H2. The second kappa shape index (κ2) is 4.65. The van der Waals surface area contributed by atoms with E-state index >= 15 is 0 Å². The van der Waals surface area contributed by atoms with Crippen LogP contribution in [0, 0.1) is 3.57 Å². The van der Waals surface area contributed by atoms with E-state index in [1.807, 2.05) is 0 Å². The van der Waals surface area contributed by atoms with E-state index in [0.717, 1.165) is 0 Å². The molecule has 17 heavy (non-hydrogen) atoms. The Morgan fingerprint density at radius 1 is 0.647 bits per heavy atom. The monoisotopic (exact) mass is 332 g/mol. The van der Waals surface area contributed by atoms with E-state index in [1.165, 1.54) is 38.7 Å². The molecule has 0 N–H and O–H groups in total. The largest absolute Gasteiger partial charge is 0.0622 e. The van der Waals surface area contributed by atoms with Crippen molar-refractivity contribution in [1.29, 1.82) is 0 Å². The fourth-order valence-corrected chi connectivity index (χ4v) is 2.66. The van der Waals surface area contributed by atoms with Crippen molar-refractivity contribution < 1.29 is 0 Å². The van der Waals surface area contributed by atoms with Gasteiger partial charge in [-0.15, -0.1) is 0 Å². The molecule has 0 saturated carbocycles. The van der Waals surface area contributed by atoms with Crippen LogP contribution in [0.4, 0.5) is 0 Å². The van der Waals surface area contributed by atoms with Crippen molar-refractivity contribution in [3.05, 3.63) is 69.3 Å². The Morgan fingerprint density at radius 3 is 1.71 bits per heavy atom. The normalized spacial score (nSPS) is 14.6. The summed E-state index contributed by atoms with van der Waals surface area (Å²) in [5.74, 6) is 0. The lowest BCUT2D eigenvalue weighted by molar-refractivity contribution is 1.01. The molecular weight excluding hydrogens is 319 g/mol. The first-order valence-electron chi connectivity index (χ1n) is 5.88. The summed E-state index contributed by atoms with van der Waals surface area (Å²) in [5.41, 5.74) is 5.81. The fraction of sp³-hybridized carbons (Fsp3) is 0.125. The van der Waals surface area contributed by atoms with Crippen molar-refractivity contribution in [3.63, 3.8) is 0 Å². The summed E-state index contributed by atoms with van der Waals surface area (Å²) in [4.78, 5) is 0. The fourth-order valence-electron chi connectivity index (χ4n) is 2.30. The summed E-state index contributed by atoms with van der Waals surface area (Å²) in [6, 6.07) is 19.6. The third-order valence-electron chi connectivity index (χ3n) is 3.30. The van der Waals surface area contributed by atoms with Gasteiger partial charge in [0.05, 0.1) is 0 Å². The van der Waals surface area contributed by atoms with Gasteiger partial charge in [0.2, 0.25) is 0 Å². The molecule has 0 nitrogen and oxygen atoms in total. The second-order valence-electron chi connectivity index (χ2n) is 4.33. The highest BCUT2D eigenvalue weighted by molar-refractivity contribution is 14.1. The molecule has 1 aliphatic rings. The summed E-state index contributed by atoms with van der Waals surface area (Å²) in [7, 11) is 0. The van der Waals surface area contributed by atoms with Crippen molar-refractivity contribution in [1.82, 2.24) is 0 Å². The average molecular weight is 332 g/mol. The van der Waals surface area contributed by atoms with Gasteiger partial charge in [-0.25, -0.2) is 0 Å². The van der Waals surface area contributed by atoms with Gasteiger partial charge >= 0.3 is 0 Å². The van der Waals surface area contributed by atoms with Gasteiger partial charge in [-0.05, 0) is 69.8 Å². The number of hydrogen-bond acceptors (Lipinski definition) is 0. The Bertz CT molecular complexity index is 550. The molecular formula is C16H13I. The minimum atomic E-state index is 1.21. The third-order valence-corrected chi connectivity index (χ3v) is 4.02. The average Bonchev–Trinajstić information content (AvgIpc) is 2.32. The van der Waals surface area contributed by atoms with Gasteiger partial charge in [-0.3, -0.25) is 0 Å². The molecule has 2 aromatic carbocycles. The minimum Gasteiger partial charge on any atom is -0.0622 e. The van der Waals surface area contributed by atoms with Gasteiger partial charge in [0.15, 0.2) is 0 Å². The summed E-state index contributed by atoms with van der Waals surface area (Å²) in [6.45, 7) is 0. The number of rotatable bonds is 2. The maximum Gasteiger partial charge on any atom is 0.0130 e. The lowest BCUT2D eigenvalue weighted by Crippen LogP contribution is -2.02. The van der Waals surface area contributed by atoms with Crippen LogP contribution in [0.1, 0.15) is 24.0 Å². The van der Waals surface area contributed by atoms with Crippen LogP contribution in [0.2, 0.25) is 0 Å². The number of benzene rings is 2. The van der Waals surface area contributed by atoms with Gasteiger partial charge in [-0.1, -0.05) is 42.5 Å². The predicted molar refractivity (Wildman–Crippen MR) is 81.6 cm³/mol. The van der Waals surface area contributed by atoms with Crippen molar-refractivity contribution >= 4 is 33.7 Å². The molecule has 0 aromatic heterocycles. The van der Waals surface area contributed by atoms with Crippen LogP contribution >= 0.6 is 22.6 Å². The number of halogens is 1. The van der Waals surface area contributed by atoms with Crippen molar-refractivity contribution in [2.45, 2.75) is 12.8 Å². The Balaban J connectivity index is 2.01. The molecule has 1 heteroatoms. The van der Waals surface area contributed by atoms with Crippen LogP contribution in [0.15, 0.2) is 54.6 Å². The topological polar surface area (TPSA) is 0 Å². The first kappa shape index (κ1) is 11.0.